The van der Waals surface area contributed by atoms with Crippen LogP contribution in [0.4, 0.5) is 0 Å². The van der Waals surface area contributed by atoms with Gasteiger partial charge in [0.1, 0.15) is 18.8 Å². The molecule has 0 aromatic carbocycles. The lowest BCUT2D eigenvalue weighted by atomic mass is 9.98. The molecule has 0 amide bonds. The van der Waals surface area contributed by atoms with Crippen LogP contribution in [0, 0.1) is 0 Å². The summed E-state index contributed by atoms with van der Waals surface area (Å²) < 4.78 is 28.4. The fourth-order valence-electron chi connectivity index (χ4n) is 8.75. The monoisotopic (exact) mass is 1050 g/mol. The number of carboxylic acids is 1. The van der Waals surface area contributed by atoms with Gasteiger partial charge in [-0.05, 0) is 83.5 Å². The Hall–Kier alpha value is -3.84. The van der Waals surface area contributed by atoms with Crippen LogP contribution in [0.25, 0.3) is 0 Å². The van der Waals surface area contributed by atoms with E-state index in [1.165, 1.54) is 64.2 Å². The van der Waals surface area contributed by atoms with Gasteiger partial charge in [0.05, 0.1) is 6.61 Å². The van der Waals surface area contributed by atoms with Crippen LogP contribution in [0.5, 0.6) is 0 Å². The number of carbonyl (C=O) groups is 4. The Morgan fingerprint density at radius 3 is 1.28 bits per heavy atom. The van der Waals surface area contributed by atoms with Crippen LogP contribution in [-0.4, -0.2) is 89.2 Å². The van der Waals surface area contributed by atoms with E-state index in [1.807, 2.05) is 0 Å². The smallest absolute Gasteiger partial charge is 0.335 e. The van der Waals surface area contributed by atoms with Crippen LogP contribution >= 0.6 is 0 Å². The molecule has 0 saturated carbocycles. The van der Waals surface area contributed by atoms with Gasteiger partial charge in [-0.25, -0.2) is 4.79 Å². The first-order valence-electron chi connectivity index (χ1n) is 29.9. The second-order valence-corrected chi connectivity index (χ2v) is 20.2. The number of allylic oxidation sites excluding steroid dienone is 12. The molecule has 6 atom stereocenters. The molecule has 12 nitrogen and oxygen atoms in total. The standard InChI is InChI=1S/C63H106O12/c1-4-7-10-13-16-19-22-25-28-31-34-37-40-43-46-49-55(64)71-52-54(73-56(65)50-47-44-41-38-35-32-29-26-23-20-17-14-11-8-5-2)53-72-63-61(59(68)58(67)60(75-63)62(69)70)74-57(66)51-48-45-42-39-36-33-30-27-24-21-18-15-12-9-6-3/h7-8,10-11,16-17,19-20,25-26,28-29,54,58-61,63,67-68H,4-6,9,12-15,18,21-24,27,30-53H2,1-3H3,(H,69,70)/b10-7-,11-8-,19-16-,20-17-,28-25-,29-26-. The quantitative estimate of drug-likeness (QED) is 0.0228. The Bertz CT molecular complexity index is 1580. The second-order valence-electron chi connectivity index (χ2n) is 20.2. The van der Waals surface area contributed by atoms with E-state index in [9.17, 15) is 34.5 Å². The number of aliphatic hydroxyl groups is 2. The third-order valence-corrected chi connectivity index (χ3v) is 13.3. The van der Waals surface area contributed by atoms with E-state index >= 15 is 0 Å². The van der Waals surface area contributed by atoms with Crippen LogP contribution < -0.4 is 0 Å². The first-order valence-corrected chi connectivity index (χ1v) is 29.9. The van der Waals surface area contributed by atoms with Crippen LogP contribution in [0.1, 0.15) is 252 Å². The van der Waals surface area contributed by atoms with Crippen molar-refractivity contribution in [3.63, 3.8) is 0 Å². The minimum Gasteiger partial charge on any atom is -0.479 e. The highest BCUT2D eigenvalue weighted by Gasteiger charge is 2.50. The summed E-state index contributed by atoms with van der Waals surface area (Å²) in [5.74, 6) is -3.16. The summed E-state index contributed by atoms with van der Waals surface area (Å²) in [6.45, 7) is 5.75. The lowest BCUT2D eigenvalue weighted by Gasteiger charge is -2.40. The van der Waals surface area contributed by atoms with Gasteiger partial charge in [-0.2, -0.15) is 0 Å². The molecule has 0 aromatic heterocycles. The lowest BCUT2D eigenvalue weighted by molar-refractivity contribution is -0.301. The van der Waals surface area contributed by atoms with Crippen molar-refractivity contribution in [1.82, 2.24) is 0 Å². The van der Waals surface area contributed by atoms with Gasteiger partial charge in [0.15, 0.2) is 24.6 Å². The number of esters is 3. The van der Waals surface area contributed by atoms with Crippen LogP contribution in [0.2, 0.25) is 0 Å². The third-order valence-electron chi connectivity index (χ3n) is 13.3. The van der Waals surface area contributed by atoms with E-state index in [0.29, 0.717) is 19.3 Å². The van der Waals surface area contributed by atoms with Crippen molar-refractivity contribution in [3.05, 3.63) is 72.9 Å². The summed E-state index contributed by atoms with van der Waals surface area (Å²) in [6, 6.07) is 0. The molecule has 0 spiro atoms. The van der Waals surface area contributed by atoms with Gasteiger partial charge >= 0.3 is 23.9 Å². The highest BCUT2D eigenvalue weighted by molar-refractivity contribution is 5.74. The maximum atomic E-state index is 13.1. The number of carbonyl (C=O) groups excluding carboxylic acids is 3. The zero-order valence-corrected chi connectivity index (χ0v) is 47.3. The maximum Gasteiger partial charge on any atom is 0.335 e. The van der Waals surface area contributed by atoms with E-state index in [2.05, 4.69) is 93.7 Å². The minimum atomic E-state index is -1.91. The Kier molecular flexibility index (Phi) is 47.0. The van der Waals surface area contributed by atoms with E-state index in [0.717, 1.165) is 128 Å². The Morgan fingerprint density at radius 2 is 0.840 bits per heavy atom. The molecule has 0 radical (unpaired) electrons. The van der Waals surface area contributed by atoms with Crippen LogP contribution in [0.15, 0.2) is 72.9 Å². The number of rotatable bonds is 50. The molecule has 1 aliphatic rings. The zero-order valence-electron chi connectivity index (χ0n) is 47.3. The molecule has 1 heterocycles. The molecule has 6 unspecified atom stereocenters. The Balaban J connectivity index is 2.71. The third kappa shape index (κ3) is 41.0. The highest BCUT2D eigenvalue weighted by Crippen LogP contribution is 2.26. The summed E-state index contributed by atoms with van der Waals surface area (Å²) in [5, 5.41) is 31.5. The van der Waals surface area contributed by atoms with E-state index in [1.54, 1.807) is 0 Å². The number of hydrogen-bond acceptors (Lipinski definition) is 11. The number of aliphatic hydroxyl groups excluding tert-OH is 2. The highest BCUT2D eigenvalue weighted by atomic mass is 16.7. The predicted molar refractivity (Wildman–Crippen MR) is 303 cm³/mol. The molecule has 430 valence electrons. The van der Waals surface area contributed by atoms with Crippen molar-refractivity contribution in [3.8, 4) is 0 Å². The largest absolute Gasteiger partial charge is 0.479 e. The molecule has 1 saturated heterocycles. The molecule has 0 aromatic rings. The summed E-state index contributed by atoms with van der Waals surface area (Å²) in [6.07, 6.45) is 51.5. The van der Waals surface area contributed by atoms with Gasteiger partial charge in [0.2, 0.25) is 0 Å². The van der Waals surface area contributed by atoms with Crippen molar-refractivity contribution in [2.75, 3.05) is 13.2 Å². The molecular weight excluding hydrogens is 949 g/mol. The Morgan fingerprint density at radius 1 is 0.453 bits per heavy atom. The van der Waals surface area contributed by atoms with Gasteiger partial charge < -0.3 is 39.0 Å². The molecule has 12 heteroatoms. The zero-order chi connectivity index (χ0) is 54.7. The van der Waals surface area contributed by atoms with Gasteiger partial charge in [0, 0.05) is 19.3 Å². The van der Waals surface area contributed by atoms with Gasteiger partial charge in [-0.1, -0.05) is 222 Å². The average molecular weight is 1060 g/mol. The van der Waals surface area contributed by atoms with Gasteiger partial charge in [0.25, 0.3) is 0 Å². The lowest BCUT2D eigenvalue weighted by Crippen LogP contribution is -2.61. The second kappa shape index (κ2) is 50.9. The molecular formula is C63H106O12. The number of aliphatic carboxylic acids is 1. The summed E-state index contributed by atoms with van der Waals surface area (Å²) >= 11 is 0. The molecule has 3 N–H and O–H groups in total. The van der Waals surface area contributed by atoms with Crippen molar-refractivity contribution in [2.24, 2.45) is 0 Å². The molecule has 75 heavy (non-hydrogen) atoms. The van der Waals surface area contributed by atoms with E-state index < -0.39 is 67.3 Å². The molecule has 0 bridgehead atoms. The molecule has 0 aliphatic carbocycles. The SMILES string of the molecule is CC/C=C\C/C=C\C/C=C\CCCCCCCC(=O)OCC(COC1OC(C(=O)O)C(O)C(O)C1OC(=O)CCCCCCCCCCCCCCCCC)OC(=O)CCCCCCC/C=C\C/C=C\C/C=C\CC. The Labute approximate surface area is 455 Å². The number of hydrogen-bond donors (Lipinski definition) is 3. The fourth-order valence-corrected chi connectivity index (χ4v) is 8.75. The van der Waals surface area contributed by atoms with E-state index in [-0.39, 0.29) is 25.9 Å². The number of carboxylic acid groups (broad SMARTS) is 1. The predicted octanol–water partition coefficient (Wildman–Crippen LogP) is 15.3. The van der Waals surface area contributed by atoms with E-state index in [4.69, 9.17) is 23.7 Å². The number of unbranched alkanes of at least 4 members (excludes halogenated alkanes) is 24. The van der Waals surface area contributed by atoms with Crippen molar-refractivity contribution >= 4 is 23.9 Å². The van der Waals surface area contributed by atoms with Crippen LogP contribution in [0.3, 0.4) is 0 Å². The van der Waals surface area contributed by atoms with Crippen molar-refractivity contribution in [2.45, 2.75) is 289 Å². The molecule has 1 fully saturated rings. The topological polar surface area (TPSA) is 175 Å². The summed E-state index contributed by atoms with van der Waals surface area (Å²) in [7, 11) is 0. The minimum absolute atomic E-state index is 0.0580. The van der Waals surface area contributed by atoms with Crippen LogP contribution in [-0.2, 0) is 42.9 Å². The van der Waals surface area contributed by atoms with Crippen molar-refractivity contribution in [1.29, 1.82) is 0 Å². The van der Waals surface area contributed by atoms with Gasteiger partial charge in [-0.3, -0.25) is 14.4 Å². The average Bonchev–Trinajstić information content (AvgIpc) is 3.39. The molecule has 1 rings (SSSR count). The molecule has 1 aliphatic heterocycles. The van der Waals surface area contributed by atoms with Gasteiger partial charge in [-0.15, -0.1) is 0 Å². The normalized spacial score (nSPS) is 18.7. The van der Waals surface area contributed by atoms with Crippen molar-refractivity contribution < 1.29 is 58.2 Å². The summed E-state index contributed by atoms with van der Waals surface area (Å²) in [4.78, 5) is 51.1. The number of ether oxygens (including phenoxy) is 5. The summed E-state index contributed by atoms with van der Waals surface area (Å²) in [5.41, 5.74) is 0. The first kappa shape index (κ1) is 69.2. The fraction of sp³-hybridized carbons (Fsp3) is 0.746. The maximum absolute atomic E-state index is 13.1. The first-order chi connectivity index (χ1) is 36.6.